The van der Waals surface area contributed by atoms with Gasteiger partial charge in [0.1, 0.15) is 0 Å². The van der Waals surface area contributed by atoms with Crippen LogP contribution in [0.15, 0.2) is 35.2 Å². The van der Waals surface area contributed by atoms with E-state index in [2.05, 4.69) is 17.4 Å². The SMILES string of the molecule is CCC(CO)(CO)NCCSc1ccccc1. The van der Waals surface area contributed by atoms with Crippen molar-refractivity contribution < 1.29 is 10.2 Å². The Kier molecular flexibility index (Phi) is 6.58. The molecular formula is C13H21NO2S. The number of rotatable bonds is 8. The maximum Gasteiger partial charge on any atom is 0.0645 e. The van der Waals surface area contributed by atoms with Gasteiger partial charge in [0.15, 0.2) is 0 Å². The molecule has 4 heteroatoms. The molecule has 0 radical (unpaired) electrons. The summed E-state index contributed by atoms with van der Waals surface area (Å²) in [5.74, 6) is 0.922. The van der Waals surface area contributed by atoms with E-state index in [4.69, 9.17) is 0 Å². The normalized spacial score (nSPS) is 11.7. The Morgan fingerprint density at radius 2 is 1.82 bits per heavy atom. The number of aliphatic hydroxyl groups is 2. The molecule has 0 amide bonds. The Labute approximate surface area is 107 Å². The highest BCUT2D eigenvalue weighted by molar-refractivity contribution is 7.99. The number of thioether (sulfide) groups is 1. The van der Waals surface area contributed by atoms with Crippen molar-refractivity contribution in [2.75, 3.05) is 25.5 Å². The third-order valence-electron chi connectivity index (χ3n) is 2.90. The van der Waals surface area contributed by atoms with Gasteiger partial charge >= 0.3 is 0 Å². The van der Waals surface area contributed by atoms with Gasteiger partial charge in [-0.1, -0.05) is 25.1 Å². The Balaban J connectivity index is 2.28. The standard InChI is InChI=1S/C13H21NO2S/c1-2-13(10-15,11-16)14-8-9-17-12-6-4-3-5-7-12/h3-7,14-16H,2,8-11H2,1H3. The van der Waals surface area contributed by atoms with Gasteiger partial charge in [-0.3, -0.25) is 0 Å². The van der Waals surface area contributed by atoms with E-state index in [1.54, 1.807) is 11.8 Å². The third-order valence-corrected chi connectivity index (χ3v) is 3.91. The van der Waals surface area contributed by atoms with E-state index >= 15 is 0 Å². The molecule has 17 heavy (non-hydrogen) atoms. The van der Waals surface area contributed by atoms with E-state index < -0.39 is 5.54 Å². The molecule has 0 aliphatic rings. The van der Waals surface area contributed by atoms with Crippen molar-refractivity contribution in [2.45, 2.75) is 23.8 Å². The molecule has 0 spiro atoms. The van der Waals surface area contributed by atoms with Crippen LogP contribution >= 0.6 is 11.8 Å². The lowest BCUT2D eigenvalue weighted by atomic mass is 9.99. The van der Waals surface area contributed by atoms with Gasteiger partial charge in [-0.15, -0.1) is 11.8 Å². The molecule has 0 aliphatic carbocycles. The zero-order valence-electron chi connectivity index (χ0n) is 10.2. The fourth-order valence-electron chi connectivity index (χ4n) is 1.51. The summed E-state index contributed by atoms with van der Waals surface area (Å²) in [6.45, 7) is 2.67. The summed E-state index contributed by atoms with van der Waals surface area (Å²) in [6.07, 6.45) is 0.718. The predicted octanol–water partition coefficient (Wildman–Crippen LogP) is 1.50. The number of nitrogens with one attached hydrogen (secondary N) is 1. The summed E-state index contributed by atoms with van der Waals surface area (Å²) >= 11 is 1.77. The Hall–Kier alpha value is -0.550. The monoisotopic (exact) mass is 255 g/mol. The van der Waals surface area contributed by atoms with Crippen molar-refractivity contribution in [3.05, 3.63) is 30.3 Å². The van der Waals surface area contributed by atoms with E-state index in [0.717, 1.165) is 18.7 Å². The van der Waals surface area contributed by atoms with Crippen molar-refractivity contribution in [1.82, 2.24) is 5.32 Å². The van der Waals surface area contributed by atoms with Crippen molar-refractivity contribution >= 4 is 11.8 Å². The smallest absolute Gasteiger partial charge is 0.0645 e. The first-order chi connectivity index (χ1) is 8.26. The second kappa shape index (κ2) is 7.71. The molecule has 0 saturated heterocycles. The molecule has 0 atom stereocenters. The molecule has 96 valence electrons. The van der Waals surface area contributed by atoms with Crippen molar-refractivity contribution in [3.8, 4) is 0 Å². The topological polar surface area (TPSA) is 52.5 Å². The van der Waals surface area contributed by atoms with Crippen LogP contribution in [0, 0.1) is 0 Å². The number of hydrogen-bond donors (Lipinski definition) is 3. The number of hydrogen-bond acceptors (Lipinski definition) is 4. The zero-order valence-corrected chi connectivity index (χ0v) is 11.0. The van der Waals surface area contributed by atoms with Crippen LogP contribution in [0.1, 0.15) is 13.3 Å². The lowest BCUT2D eigenvalue weighted by Gasteiger charge is -2.29. The van der Waals surface area contributed by atoms with Gasteiger partial charge in [0.25, 0.3) is 0 Å². The van der Waals surface area contributed by atoms with Crippen molar-refractivity contribution in [2.24, 2.45) is 0 Å². The molecule has 1 rings (SSSR count). The van der Waals surface area contributed by atoms with Gasteiger partial charge in [0.2, 0.25) is 0 Å². The molecule has 0 unspecified atom stereocenters. The van der Waals surface area contributed by atoms with Crippen LogP contribution in [0.5, 0.6) is 0 Å². The molecule has 0 saturated carbocycles. The van der Waals surface area contributed by atoms with E-state index in [1.165, 1.54) is 4.90 Å². The van der Waals surface area contributed by atoms with Crippen LogP contribution < -0.4 is 5.32 Å². The molecule has 3 nitrogen and oxygen atoms in total. The van der Waals surface area contributed by atoms with E-state index in [0.29, 0.717) is 0 Å². The molecule has 0 bridgehead atoms. The van der Waals surface area contributed by atoms with Gasteiger partial charge in [0, 0.05) is 17.2 Å². The molecular weight excluding hydrogens is 234 g/mol. The average molecular weight is 255 g/mol. The highest BCUT2D eigenvalue weighted by Crippen LogP contribution is 2.16. The molecule has 0 aromatic heterocycles. The van der Waals surface area contributed by atoms with Crippen molar-refractivity contribution in [1.29, 1.82) is 0 Å². The molecule has 1 aromatic rings. The van der Waals surface area contributed by atoms with Crippen LogP contribution in [0.2, 0.25) is 0 Å². The van der Waals surface area contributed by atoms with Gasteiger partial charge < -0.3 is 15.5 Å². The van der Waals surface area contributed by atoms with Gasteiger partial charge in [-0.25, -0.2) is 0 Å². The van der Waals surface area contributed by atoms with E-state index in [9.17, 15) is 10.2 Å². The zero-order chi connectivity index (χ0) is 12.6. The highest BCUT2D eigenvalue weighted by Gasteiger charge is 2.25. The van der Waals surface area contributed by atoms with Crippen LogP contribution in [-0.2, 0) is 0 Å². The maximum atomic E-state index is 9.26. The third kappa shape index (κ3) is 4.68. The summed E-state index contributed by atoms with van der Waals surface area (Å²) in [4.78, 5) is 1.24. The van der Waals surface area contributed by atoms with Crippen molar-refractivity contribution in [3.63, 3.8) is 0 Å². The van der Waals surface area contributed by atoms with Crippen LogP contribution in [0.3, 0.4) is 0 Å². The van der Waals surface area contributed by atoms with Crippen LogP contribution in [-0.4, -0.2) is 41.3 Å². The van der Waals surface area contributed by atoms with Crippen LogP contribution in [0.25, 0.3) is 0 Å². The first-order valence-corrected chi connectivity index (χ1v) is 6.89. The predicted molar refractivity (Wildman–Crippen MR) is 72.4 cm³/mol. The molecule has 0 fully saturated rings. The number of benzene rings is 1. The van der Waals surface area contributed by atoms with Crippen LogP contribution in [0.4, 0.5) is 0 Å². The average Bonchev–Trinajstić information content (AvgIpc) is 2.41. The molecule has 1 aromatic carbocycles. The second-order valence-corrected chi connectivity index (χ2v) is 5.21. The second-order valence-electron chi connectivity index (χ2n) is 4.04. The van der Waals surface area contributed by atoms with Gasteiger partial charge in [0.05, 0.1) is 18.8 Å². The summed E-state index contributed by atoms with van der Waals surface area (Å²) in [5, 5.41) is 21.8. The molecule has 3 N–H and O–H groups in total. The minimum absolute atomic E-state index is 0.0317. The van der Waals surface area contributed by atoms with Gasteiger partial charge in [-0.05, 0) is 18.6 Å². The molecule has 0 heterocycles. The first-order valence-electron chi connectivity index (χ1n) is 5.91. The van der Waals surface area contributed by atoms with E-state index in [-0.39, 0.29) is 13.2 Å². The maximum absolute atomic E-state index is 9.26. The van der Waals surface area contributed by atoms with Gasteiger partial charge in [-0.2, -0.15) is 0 Å². The summed E-state index contributed by atoms with van der Waals surface area (Å²) in [7, 11) is 0. The quantitative estimate of drug-likeness (QED) is 0.487. The Bertz CT molecular complexity index is 293. The van der Waals surface area contributed by atoms with E-state index in [1.807, 2.05) is 25.1 Å². The Morgan fingerprint density at radius 3 is 2.35 bits per heavy atom. The molecule has 0 aliphatic heterocycles. The summed E-state index contributed by atoms with van der Waals surface area (Å²) in [6, 6.07) is 10.2. The minimum Gasteiger partial charge on any atom is -0.394 e. The first kappa shape index (κ1) is 14.5. The lowest BCUT2D eigenvalue weighted by molar-refractivity contribution is 0.0896. The largest absolute Gasteiger partial charge is 0.394 e. The Morgan fingerprint density at radius 1 is 1.18 bits per heavy atom. The summed E-state index contributed by atoms with van der Waals surface area (Å²) < 4.78 is 0. The lowest BCUT2D eigenvalue weighted by Crippen LogP contribution is -2.51. The highest BCUT2D eigenvalue weighted by atomic mass is 32.2. The fourth-order valence-corrected chi connectivity index (χ4v) is 2.30. The minimum atomic E-state index is -0.531. The number of aliphatic hydroxyl groups excluding tert-OH is 2. The fraction of sp³-hybridized carbons (Fsp3) is 0.538. The summed E-state index contributed by atoms with van der Waals surface area (Å²) in [5.41, 5.74) is -0.531.